The van der Waals surface area contributed by atoms with Crippen LogP contribution >= 0.6 is 11.3 Å². The third-order valence-corrected chi connectivity index (χ3v) is 3.21. The Bertz CT molecular complexity index is 350. The Hall–Kier alpha value is -1.14. The number of aromatic nitrogens is 1. The maximum atomic E-state index is 8.50. The van der Waals surface area contributed by atoms with Gasteiger partial charge in [-0.2, -0.15) is 0 Å². The highest BCUT2D eigenvalue weighted by Gasteiger charge is 2.14. The predicted molar refractivity (Wildman–Crippen MR) is 61.3 cm³/mol. The molecule has 6 heteroatoms. The van der Waals surface area contributed by atoms with Gasteiger partial charge in [0.2, 0.25) is 0 Å². The minimum absolute atomic E-state index is 0.0963. The van der Waals surface area contributed by atoms with Gasteiger partial charge in [-0.25, -0.2) is 4.98 Å². The Balaban J connectivity index is 2.59. The molecule has 0 saturated carbocycles. The SMILES string of the molecule is Cc1csc(C(C)NC(C)C(N)=NO)n1. The van der Waals surface area contributed by atoms with Crippen LogP contribution in [0.2, 0.25) is 0 Å². The highest BCUT2D eigenvalue weighted by atomic mass is 32.1. The van der Waals surface area contributed by atoms with E-state index < -0.39 is 0 Å². The first kappa shape index (κ1) is 11.9. The number of nitrogens with zero attached hydrogens (tertiary/aromatic N) is 2. The molecule has 0 aliphatic rings. The molecule has 5 nitrogen and oxygen atoms in total. The molecule has 84 valence electrons. The first-order chi connectivity index (χ1) is 7.04. The summed E-state index contributed by atoms with van der Waals surface area (Å²) in [7, 11) is 0. The van der Waals surface area contributed by atoms with Crippen molar-refractivity contribution in [1.29, 1.82) is 0 Å². The lowest BCUT2D eigenvalue weighted by Gasteiger charge is -2.16. The molecular formula is C9H16N4OS. The Kier molecular flexibility index (Phi) is 4.05. The zero-order chi connectivity index (χ0) is 11.4. The van der Waals surface area contributed by atoms with Crippen LogP contribution in [0.4, 0.5) is 0 Å². The van der Waals surface area contributed by atoms with Crippen molar-refractivity contribution in [2.75, 3.05) is 0 Å². The van der Waals surface area contributed by atoms with Gasteiger partial charge in [-0.3, -0.25) is 5.32 Å². The third kappa shape index (κ3) is 3.17. The fourth-order valence-corrected chi connectivity index (χ4v) is 2.00. The number of amidine groups is 1. The topological polar surface area (TPSA) is 83.5 Å². The van der Waals surface area contributed by atoms with Crippen LogP contribution in [0.5, 0.6) is 0 Å². The summed E-state index contributed by atoms with van der Waals surface area (Å²) in [5.74, 6) is 0.176. The van der Waals surface area contributed by atoms with E-state index in [1.165, 1.54) is 0 Å². The zero-order valence-electron chi connectivity index (χ0n) is 9.06. The second-order valence-corrected chi connectivity index (χ2v) is 4.35. The number of aryl methyl sites for hydroxylation is 1. The molecule has 0 aliphatic carbocycles. The van der Waals surface area contributed by atoms with Gasteiger partial charge < -0.3 is 10.9 Å². The van der Waals surface area contributed by atoms with Crippen LogP contribution in [-0.4, -0.2) is 22.1 Å². The molecule has 0 spiro atoms. The quantitative estimate of drug-likeness (QED) is 0.313. The normalized spacial score (nSPS) is 16.3. The van der Waals surface area contributed by atoms with Crippen LogP contribution in [0.15, 0.2) is 10.5 Å². The molecule has 0 radical (unpaired) electrons. The van der Waals surface area contributed by atoms with Gasteiger partial charge in [0.05, 0.1) is 12.1 Å². The number of hydrogen-bond donors (Lipinski definition) is 3. The second-order valence-electron chi connectivity index (χ2n) is 3.46. The largest absolute Gasteiger partial charge is 0.409 e. The molecule has 0 fully saturated rings. The average molecular weight is 228 g/mol. The first-order valence-corrected chi connectivity index (χ1v) is 5.58. The Morgan fingerprint density at radius 1 is 1.67 bits per heavy atom. The summed E-state index contributed by atoms with van der Waals surface area (Å²) in [6.07, 6.45) is 0. The average Bonchev–Trinajstić information content (AvgIpc) is 2.63. The van der Waals surface area contributed by atoms with Gasteiger partial charge in [-0.1, -0.05) is 5.16 Å². The summed E-state index contributed by atoms with van der Waals surface area (Å²) in [6.45, 7) is 5.80. The highest BCUT2D eigenvalue weighted by Crippen LogP contribution is 2.17. The minimum Gasteiger partial charge on any atom is -0.409 e. The molecule has 4 N–H and O–H groups in total. The number of rotatable bonds is 4. The molecular weight excluding hydrogens is 212 g/mol. The van der Waals surface area contributed by atoms with Crippen LogP contribution < -0.4 is 11.1 Å². The van der Waals surface area contributed by atoms with Gasteiger partial charge in [0, 0.05) is 11.1 Å². The van der Waals surface area contributed by atoms with Crippen LogP contribution in [0.3, 0.4) is 0 Å². The van der Waals surface area contributed by atoms with E-state index >= 15 is 0 Å². The van der Waals surface area contributed by atoms with Gasteiger partial charge in [-0.15, -0.1) is 11.3 Å². The fourth-order valence-electron chi connectivity index (χ4n) is 1.19. The summed E-state index contributed by atoms with van der Waals surface area (Å²) in [6, 6.07) is -0.0757. The van der Waals surface area contributed by atoms with Crippen LogP contribution in [0, 0.1) is 6.92 Å². The van der Waals surface area contributed by atoms with E-state index in [0.717, 1.165) is 10.7 Å². The maximum Gasteiger partial charge on any atom is 0.156 e. The van der Waals surface area contributed by atoms with Crippen molar-refractivity contribution in [1.82, 2.24) is 10.3 Å². The van der Waals surface area contributed by atoms with Crippen LogP contribution in [-0.2, 0) is 0 Å². The van der Waals surface area contributed by atoms with E-state index in [-0.39, 0.29) is 17.9 Å². The van der Waals surface area contributed by atoms with Crippen molar-refractivity contribution in [3.05, 3.63) is 16.1 Å². The Labute approximate surface area is 93.0 Å². The van der Waals surface area contributed by atoms with Crippen molar-refractivity contribution in [2.45, 2.75) is 32.9 Å². The molecule has 0 aliphatic heterocycles. The maximum absolute atomic E-state index is 8.50. The zero-order valence-corrected chi connectivity index (χ0v) is 9.88. The number of nitrogens with two attached hydrogens (primary N) is 1. The molecule has 1 rings (SSSR count). The van der Waals surface area contributed by atoms with Crippen molar-refractivity contribution in [3.8, 4) is 0 Å². The Morgan fingerprint density at radius 2 is 2.33 bits per heavy atom. The van der Waals surface area contributed by atoms with Gasteiger partial charge in [0.15, 0.2) is 5.84 Å². The molecule has 0 bridgehead atoms. The lowest BCUT2D eigenvalue weighted by Crippen LogP contribution is -2.40. The van der Waals surface area contributed by atoms with E-state index in [4.69, 9.17) is 10.9 Å². The minimum atomic E-state index is -0.172. The van der Waals surface area contributed by atoms with Crippen molar-refractivity contribution >= 4 is 17.2 Å². The van der Waals surface area contributed by atoms with E-state index in [1.807, 2.05) is 26.2 Å². The number of nitrogens with one attached hydrogen (secondary N) is 1. The van der Waals surface area contributed by atoms with Crippen LogP contribution in [0.1, 0.15) is 30.6 Å². The third-order valence-electron chi connectivity index (χ3n) is 2.07. The van der Waals surface area contributed by atoms with E-state index in [1.54, 1.807) is 11.3 Å². The molecule has 0 aromatic carbocycles. The fraction of sp³-hybridized carbons (Fsp3) is 0.556. The molecule has 1 heterocycles. The van der Waals surface area contributed by atoms with Gasteiger partial charge >= 0.3 is 0 Å². The van der Waals surface area contributed by atoms with E-state index in [0.29, 0.717) is 0 Å². The summed E-state index contributed by atoms with van der Waals surface area (Å²) in [5.41, 5.74) is 6.48. The van der Waals surface area contributed by atoms with E-state index in [9.17, 15) is 0 Å². The molecule has 0 amide bonds. The van der Waals surface area contributed by atoms with Crippen molar-refractivity contribution < 1.29 is 5.21 Å². The molecule has 1 aromatic heterocycles. The monoisotopic (exact) mass is 228 g/mol. The predicted octanol–water partition coefficient (Wildman–Crippen LogP) is 1.24. The summed E-state index contributed by atoms with van der Waals surface area (Å²) in [5, 5.41) is 17.7. The van der Waals surface area contributed by atoms with Crippen molar-refractivity contribution in [2.24, 2.45) is 10.9 Å². The molecule has 0 saturated heterocycles. The number of oxime groups is 1. The van der Waals surface area contributed by atoms with Crippen molar-refractivity contribution in [3.63, 3.8) is 0 Å². The Morgan fingerprint density at radius 3 is 2.80 bits per heavy atom. The van der Waals surface area contributed by atoms with E-state index in [2.05, 4.69) is 15.5 Å². The number of thiazole rings is 1. The summed E-state index contributed by atoms with van der Waals surface area (Å²) in [4.78, 5) is 4.36. The highest BCUT2D eigenvalue weighted by molar-refractivity contribution is 7.09. The first-order valence-electron chi connectivity index (χ1n) is 4.70. The van der Waals surface area contributed by atoms with Gasteiger partial charge in [0.1, 0.15) is 5.01 Å². The second kappa shape index (κ2) is 5.09. The van der Waals surface area contributed by atoms with Gasteiger partial charge in [-0.05, 0) is 20.8 Å². The smallest absolute Gasteiger partial charge is 0.156 e. The lowest BCUT2D eigenvalue weighted by molar-refractivity contribution is 0.314. The number of hydrogen-bond acceptors (Lipinski definition) is 5. The molecule has 1 aromatic rings. The lowest BCUT2D eigenvalue weighted by atomic mass is 10.2. The van der Waals surface area contributed by atoms with Crippen LogP contribution in [0.25, 0.3) is 0 Å². The van der Waals surface area contributed by atoms with Gasteiger partial charge in [0.25, 0.3) is 0 Å². The molecule has 15 heavy (non-hydrogen) atoms. The summed E-state index contributed by atoms with van der Waals surface area (Å²) < 4.78 is 0. The summed E-state index contributed by atoms with van der Waals surface area (Å²) >= 11 is 1.60. The molecule has 2 unspecified atom stereocenters. The standard InChI is InChI=1S/C9H16N4OS/c1-5-4-15-9(11-5)7(3)12-6(2)8(10)13-14/h4,6-7,12,14H,1-3H3,(H2,10,13). The molecule has 2 atom stereocenters.